The van der Waals surface area contributed by atoms with Crippen LogP contribution in [0.15, 0.2) is 52.9 Å². The van der Waals surface area contributed by atoms with E-state index in [1.807, 2.05) is 30.1 Å². The minimum atomic E-state index is -0.466. The Labute approximate surface area is 174 Å². The third-order valence-corrected chi connectivity index (χ3v) is 4.79. The maximum Gasteiger partial charge on any atom is 0.293 e. The van der Waals surface area contributed by atoms with Crippen LogP contribution in [0, 0.1) is 5.82 Å². The van der Waals surface area contributed by atoms with Gasteiger partial charge in [0.1, 0.15) is 11.4 Å². The van der Waals surface area contributed by atoms with Crippen molar-refractivity contribution in [2.24, 2.45) is 0 Å². The Morgan fingerprint density at radius 3 is 2.69 bits per heavy atom. The number of rotatable bonds is 7. The van der Waals surface area contributed by atoms with Gasteiger partial charge in [-0.3, -0.25) is 10.1 Å². The van der Waals surface area contributed by atoms with Gasteiger partial charge >= 0.3 is 0 Å². The van der Waals surface area contributed by atoms with Gasteiger partial charge in [-0.05, 0) is 49.0 Å². The molecule has 3 rings (SSSR count). The van der Waals surface area contributed by atoms with Gasteiger partial charge in [0.15, 0.2) is 10.9 Å². The Hall–Kier alpha value is -2.93. The lowest BCUT2D eigenvalue weighted by Gasteiger charge is -2.20. The fourth-order valence-corrected chi connectivity index (χ4v) is 3.25. The van der Waals surface area contributed by atoms with Crippen molar-refractivity contribution >= 4 is 45.6 Å². The summed E-state index contributed by atoms with van der Waals surface area (Å²) in [6.07, 6.45) is 3.26. The lowest BCUT2D eigenvalue weighted by molar-refractivity contribution is 0.0953. The number of nitrogens with one attached hydrogen (secondary N) is 2. The van der Waals surface area contributed by atoms with E-state index in [1.165, 1.54) is 6.07 Å². The molecule has 2 aromatic carbocycles. The summed E-state index contributed by atoms with van der Waals surface area (Å²) in [4.78, 5) is 14.2. The molecule has 0 atom stereocenters. The summed E-state index contributed by atoms with van der Waals surface area (Å²) < 4.78 is 20.0. The number of para-hydroxylation sites is 1. The molecule has 0 spiro atoms. The van der Waals surface area contributed by atoms with Crippen LogP contribution in [0.5, 0.6) is 0 Å². The van der Waals surface area contributed by atoms with Crippen molar-refractivity contribution in [3.63, 3.8) is 0 Å². The molecule has 3 aromatic rings. The molecule has 0 unspecified atom stereocenters. The summed E-state index contributed by atoms with van der Waals surface area (Å²) >= 11 is 5.17. The minimum Gasteiger partial charge on any atom is -0.451 e. The van der Waals surface area contributed by atoms with Gasteiger partial charge in [0.2, 0.25) is 0 Å². The van der Waals surface area contributed by atoms with Gasteiger partial charge in [0.05, 0.1) is 5.69 Å². The smallest absolute Gasteiger partial charge is 0.293 e. The monoisotopic (exact) mass is 413 g/mol. The standard InChI is InChI=1S/C22H24FN3O2S/c1-3-4-7-12-26(2)18-11-10-16(14-17(18)23)24-22(29)25-21(27)20-13-15-8-5-6-9-19(15)28-20/h5-6,8-11,13-14H,3-4,7,12H2,1-2H3,(H2,24,25,27,29). The van der Waals surface area contributed by atoms with Gasteiger partial charge in [0, 0.05) is 24.7 Å². The van der Waals surface area contributed by atoms with Crippen LogP contribution >= 0.6 is 12.2 Å². The van der Waals surface area contributed by atoms with Crippen LogP contribution in [-0.2, 0) is 0 Å². The molecule has 0 aliphatic carbocycles. The number of benzene rings is 2. The molecule has 29 heavy (non-hydrogen) atoms. The number of hydrogen-bond donors (Lipinski definition) is 2. The fraction of sp³-hybridized carbons (Fsp3) is 0.273. The Balaban J connectivity index is 1.59. The highest BCUT2D eigenvalue weighted by Crippen LogP contribution is 2.23. The van der Waals surface area contributed by atoms with Crippen molar-refractivity contribution in [2.45, 2.75) is 26.2 Å². The topological polar surface area (TPSA) is 57.5 Å². The second kappa shape index (κ2) is 9.52. The predicted molar refractivity (Wildman–Crippen MR) is 119 cm³/mol. The average molecular weight is 414 g/mol. The number of halogens is 1. The van der Waals surface area contributed by atoms with E-state index >= 15 is 0 Å². The van der Waals surface area contributed by atoms with E-state index in [9.17, 15) is 9.18 Å². The quantitative estimate of drug-likeness (QED) is 0.405. The molecule has 7 heteroatoms. The van der Waals surface area contributed by atoms with Gasteiger partial charge in [-0.2, -0.15) is 0 Å². The van der Waals surface area contributed by atoms with Crippen LogP contribution in [0.2, 0.25) is 0 Å². The van der Waals surface area contributed by atoms with E-state index in [2.05, 4.69) is 17.6 Å². The first kappa shape index (κ1) is 20.8. The zero-order valence-electron chi connectivity index (χ0n) is 16.5. The summed E-state index contributed by atoms with van der Waals surface area (Å²) in [6.45, 7) is 2.93. The first-order valence-corrected chi connectivity index (χ1v) is 10.0. The second-order valence-corrected chi connectivity index (χ2v) is 7.26. The molecular formula is C22H24FN3O2S. The van der Waals surface area contributed by atoms with E-state index in [0.717, 1.165) is 31.2 Å². The Kier molecular flexibility index (Phi) is 6.82. The molecule has 0 aliphatic rings. The number of amides is 1. The molecule has 0 fully saturated rings. The number of anilines is 2. The molecule has 2 N–H and O–H groups in total. The summed E-state index contributed by atoms with van der Waals surface area (Å²) in [5.41, 5.74) is 1.62. The molecule has 0 saturated heterocycles. The van der Waals surface area contributed by atoms with Crippen LogP contribution in [0.3, 0.4) is 0 Å². The van der Waals surface area contributed by atoms with Crippen molar-refractivity contribution in [1.29, 1.82) is 0 Å². The van der Waals surface area contributed by atoms with E-state index in [1.54, 1.807) is 24.3 Å². The van der Waals surface area contributed by atoms with Gasteiger partial charge in [-0.1, -0.05) is 38.0 Å². The fourth-order valence-electron chi connectivity index (χ4n) is 3.03. The highest BCUT2D eigenvalue weighted by atomic mass is 32.1. The normalized spacial score (nSPS) is 10.7. The lowest BCUT2D eigenvalue weighted by Crippen LogP contribution is -2.33. The zero-order chi connectivity index (χ0) is 20.8. The predicted octanol–water partition coefficient (Wildman–Crippen LogP) is 5.33. The number of carbonyl (C=O) groups is 1. The molecule has 5 nitrogen and oxygen atoms in total. The van der Waals surface area contributed by atoms with Crippen molar-refractivity contribution in [3.8, 4) is 0 Å². The Bertz CT molecular complexity index is 985. The van der Waals surface area contributed by atoms with E-state index < -0.39 is 5.91 Å². The van der Waals surface area contributed by atoms with Gasteiger partial charge in [-0.25, -0.2) is 4.39 Å². The van der Waals surface area contributed by atoms with Crippen LogP contribution in [0.1, 0.15) is 36.7 Å². The second-order valence-electron chi connectivity index (χ2n) is 6.85. The number of fused-ring (bicyclic) bond motifs is 1. The third-order valence-electron chi connectivity index (χ3n) is 4.59. The average Bonchev–Trinajstić information content (AvgIpc) is 3.12. The molecular weight excluding hydrogens is 389 g/mol. The maximum absolute atomic E-state index is 14.5. The number of furan rings is 1. The number of unbranched alkanes of at least 4 members (excludes halogenated alkanes) is 2. The summed E-state index contributed by atoms with van der Waals surface area (Å²) in [5.74, 6) is -0.655. The number of thiocarbonyl (C=S) groups is 1. The summed E-state index contributed by atoms with van der Waals surface area (Å²) in [6, 6.07) is 13.8. The molecule has 0 bridgehead atoms. The molecule has 152 valence electrons. The number of carbonyl (C=O) groups excluding carboxylic acids is 1. The van der Waals surface area contributed by atoms with Crippen LogP contribution in [-0.4, -0.2) is 24.6 Å². The molecule has 1 amide bonds. The molecule has 1 heterocycles. The van der Waals surface area contributed by atoms with Gasteiger partial charge in [-0.15, -0.1) is 0 Å². The lowest BCUT2D eigenvalue weighted by atomic mass is 10.2. The van der Waals surface area contributed by atoms with Crippen LogP contribution < -0.4 is 15.5 Å². The molecule has 1 aromatic heterocycles. The van der Waals surface area contributed by atoms with Crippen molar-refractivity contribution < 1.29 is 13.6 Å². The van der Waals surface area contributed by atoms with Crippen molar-refractivity contribution in [2.75, 3.05) is 23.8 Å². The first-order chi connectivity index (χ1) is 14.0. The van der Waals surface area contributed by atoms with Crippen molar-refractivity contribution in [1.82, 2.24) is 5.32 Å². The van der Waals surface area contributed by atoms with E-state index in [4.69, 9.17) is 16.6 Å². The first-order valence-electron chi connectivity index (χ1n) is 9.59. The highest BCUT2D eigenvalue weighted by molar-refractivity contribution is 7.80. The van der Waals surface area contributed by atoms with Gasteiger partial charge < -0.3 is 14.6 Å². The highest BCUT2D eigenvalue weighted by Gasteiger charge is 2.14. The Morgan fingerprint density at radius 1 is 1.17 bits per heavy atom. The summed E-state index contributed by atoms with van der Waals surface area (Å²) in [5, 5.41) is 6.29. The number of nitrogens with zero attached hydrogens (tertiary/aromatic N) is 1. The number of hydrogen-bond acceptors (Lipinski definition) is 4. The minimum absolute atomic E-state index is 0.0684. The van der Waals surface area contributed by atoms with E-state index in [0.29, 0.717) is 17.0 Å². The van der Waals surface area contributed by atoms with Crippen LogP contribution in [0.4, 0.5) is 15.8 Å². The SMILES string of the molecule is CCCCCN(C)c1ccc(NC(=S)NC(=O)c2cc3ccccc3o2)cc1F. The molecule has 0 radical (unpaired) electrons. The Morgan fingerprint density at radius 2 is 1.97 bits per heavy atom. The van der Waals surface area contributed by atoms with Gasteiger partial charge in [0.25, 0.3) is 5.91 Å². The summed E-state index contributed by atoms with van der Waals surface area (Å²) in [7, 11) is 1.87. The van der Waals surface area contributed by atoms with Crippen molar-refractivity contribution in [3.05, 3.63) is 60.1 Å². The molecule has 0 aliphatic heterocycles. The third kappa shape index (κ3) is 5.32. The van der Waals surface area contributed by atoms with Crippen LogP contribution in [0.25, 0.3) is 11.0 Å². The molecule has 0 saturated carbocycles. The maximum atomic E-state index is 14.5. The van der Waals surface area contributed by atoms with E-state index in [-0.39, 0.29) is 16.7 Å². The zero-order valence-corrected chi connectivity index (χ0v) is 17.3. The largest absolute Gasteiger partial charge is 0.451 e.